The van der Waals surface area contributed by atoms with Crippen molar-refractivity contribution in [3.05, 3.63) is 59.3 Å². The smallest absolute Gasteiger partial charge is 0.161 e. The number of aliphatic imine (C=N–C) groups is 1. The zero-order chi connectivity index (χ0) is 22.7. The Morgan fingerprint density at radius 2 is 1.91 bits per heavy atom. The van der Waals surface area contributed by atoms with Crippen LogP contribution in [-0.4, -0.2) is 57.8 Å². The highest BCUT2D eigenvalue weighted by molar-refractivity contribution is 6.06. The molecule has 1 atom stereocenters. The third kappa shape index (κ3) is 4.33. The monoisotopic (exact) mass is 439 g/mol. The van der Waals surface area contributed by atoms with Gasteiger partial charge in [-0.1, -0.05) is 0 Å². The van der Waals surface area contributed by atoms with E-state index in [-0.39, 0.29) is 17.5 Å². The summed E-state index contributed by atoms with van der Waals surface area (Å²) >= 11 is 0. The summed E-state index contributed by atoms with van der Waals surface area (Å²) in [6, 6.07) is 7.53. The molecule has 8 heteroatoms. The van der Waals surface area contributed by atoms with E-state index in [1.165, 1.54) is 0 Å². The van der Waals surface area contributed by atoms with Crippen LogP contribution in [0.2, 0.25) is 0 Å². The van der Waals surface area contributed by atoms with Gasteiger partial charge in [0.05, 0.1) is 5.70 Å². The van der Waals surface area contributed by atoms with E-state index in [0.717, 1.165) is 42.8 Å². The first kappa shape index (κ1) is 22.2. The van der Waals surface area contributed by atoms with Crippen LogP contribution in [0.5, 0.6) is 5.75 Å². The number of amidine groups is 1. The van der Waals surface area contributed by atoms with Crippen LogP contribution < -0.4 is 20.5 Å². The van der Waals surface area contributed by atoms with Crippen molar-refractivity contribution in [3.63, 3.8) is 0 Å². The van der Waals surface area contributed by atoms with E-state index in [9.17, 15) is 9.18 Å². The zero-order valence-electron chi connectivity index (χ0n) is 18.8. The van der Waals surface area contributed by atoms with Gasteiger partial charge in [-0.05, 0) is 62.2 Å². The van der Waals surface area contributed by atoms with Gasteiger partial charge in [0.2, 0.25) is 0 Å². The number of halogens is 1. The maximum absolute atomic E-state index is 14.0. The first-order valence-corrected chi connectivity index (χ1v) is 10.9. The molecule has 0 radical (unpaired) electrons. The summed E-state index contributed by atoms with van der Waals surface area (Å²) in [6.45, 7) is 2.65. The van der Waals surface area contributed by atoms with Gasteiger partial charge in [0.15, 0.2) is 17.4 Å². The molecule has 7 nitrogen and oxygen atoms in total. The molecular formula is C24H30FN5O2. The standard InChI is InChI=1S/C24H30FN5O2/c1-26-24(28-27-2)23-20(15-31)19(16-12-29(3)13-16)14-30(23)17-8-10-18(11-9-17)32-22-7-5-4-6-21(22)25/h6-11,15-16,19,27H,4-5,12-14H2,1-3H3,(H,26,28). The molecule has 0 spiro atoms. The van der Waals surface area contributed by atoms with Crippen LogP contribution in [0.4, 0.5) is 10.1 Å². The maximum atomic E-state index is 14.0. The van der Waals surface area contributed by atoms with Crippen molar-refractivity contribution in [2.24, 2.45) is 16.8 Å². The highest BCUT2D eigenvalue weighted by atomic mass is 19.1. The Bertz CT molecular complexity index is 977. The average Bonchev–Trinajstić information content (AvgIpc) is 3.16. The molecule has 3 aliphatic rings. The summed E-state index contributed by atoms with van der Waals surface area (Å²) in [5.41, 5.74) is 8.46. The van der Waals surface area contributed by atoms with E-state index in [0.29, 0.717) is 30.5 Å². The third-order valence-electron chi connectivity index (χ3n) is 6.23. The zero-order valence-corrected chi connectivity index (χ0v) is 18.8. The van der Waals surface area contributed by atoms with E-state index in [1.807, 2.05) is 24.3 Å². The molecular weight excluding hydrogens is 409 g/mol. The van der Waals surface area contributed by atoms with E-state index in [1.54, 1.807) is 26.2 Å². The summed E-state index contributed by atoms with van der Waals surface area (Å²) in [5.74, 6) is 1.70. The number of ether oxygens (including phenoxy) is 1. The summed E-state index contributed by atoms with van der Waals surface area (Å²) in [6.07, 6.45) is 5.76. The van der Waals surface area contributed by atoms with Gasteiger partial charge in [-0.2, -0.15) is 0 Å². The Hall–Kier alpha value is -2.97. The Morgan fingerprint density at radius 3 is 2.50 bits per heavy atom. The predicted octanol–water partition coefficient (Wildman–Crippen LogP) is 2.80. The van der Waals surface area contributed by atoms with Gasteiger partial charge in [0, 0.05) is 50.9 Å². The lowest BCUT2D eigenvalue weighted by molar-refractivity contribution is -0.105. The van der Waals surface area contributed by atoms with Gasteiger partial charge >= 0.3 is 0 Å². The lowest BCUT2D eigenvalue weighted by Crippen LogP contribution is -2.48. The normalized spacial score (nSPS) is 22.4. The summed E-state index contributed by atoms with van der Waals surface area (Å²) in [4.78, 5) is 21.0. The van der Waals surface area contributed by atoms with Crippen LogP contribution in [0, 0.1) is 11.8 Å². The molecule has 1 saturated heterocycles. The van der Waals surface area contributed by atoms with E-state index in [2.05, 4.69) is 32.7 Å². The van der Waals surface area contributed by atoms with Crippen LogP contribution in [-0.2, 0) is 4.79 Å². The Balaban J connectivity index is 1.62. The second-order valence-corrected chi connectivity index (χ2v) is 8.36. The van der Waals surface area contributed by atoms with Crippen LogP contribution in [0.1, 0.15) is 12.8 Å². The second-order valence-electron chi connectivity index (χ2n) is 8.36. The molecule has 170 valence electrons. The van der Waals surface area contributed by atoms with Crippen molar-refractivity contribution < 1.29 is 13.9 Å². The van der Waals surface area contributed by atoms with Crippen molar-refractivity contribution in [1.82, 2.24) is 15.8 Å². The molecule has 2 heterocycles. The number of carbonyl (C=O) groups is 1. The highest BCUT2D eigenvalue weighted by Gasteiger charge is 2.42. The quantitative estimate of drug-likeness (QED) is 0.295. The first-order valence-electron chi connectivity index (χ1n) is 10.9. The first-order chi connectivity index (χ1) is 15.5. The molecule has 4 rings (SSSR count). The van der Waals surface area contributed by atoms with Gasteiger partial charge in [-0.3, -0.25) is 9.79 Å². The topological polar surface area (TPSA) is 69.2 Å². The number of rotatable bonds is 7. The summed E-state index contributed by atoms with van der Waals surface area (Å²) in [5, 5.41) is 0. The van der Waals surface area contributed by atoms with Gasteiger partial charge in [-0.15, -0.1) is 0 Å². The van der Waals surface area contributed by atoms with Gasteiger partial charge in [0.25, 0.3) is 0 Å². The average molecular weight is 440 g/mol. The Morgan fingerprint density at radius 1 is 1.19 bits per heavy atom. The molecule has 0 bridgehead atoms. The molecule has 0 amide bonds. The SMILES string of the molecule is CN=C(NNC)C1=C(C=O)C(C2CN(C)C2)CN1c1ccc(OC2=CCCC=C2F)cc1. The van der Waals surface area contributed by atoms with Crippen molar-refractivity contribution >= 4 is 17.8 Å². The number of hydrogen-bond acceptors (Lipinski definition) is 6. The molecule has 32 heavy (non-hydrogen) atoms. The van der Waals surface area contributed by atoms with Crippen LogP contribution in [0.15, 0.2) is 64.3 Å². The van der Waals surface area contributed by atoms with Crippen LogP contribution >= 0.6 is 0 Å². The van der Waals surface area contributed by atoms with E-state index >= 15 is 0 Å². The number of nitrogens with one attached hydrogen (secondary N) is 2. The largest absolute Gasteiger partial charge is 0.455 e. The maximum Gasteiger partial charge on any atom is 0.161 e. The minimum Gasteiger partial charge on any atom is -0.455 e. The van der Waals surface area contributed by atoms with Crippen molar-refractivity contribution in [2.45, 2.75) is 12.8 Å². The summed E-state index contributed by atoms with van der Waals surface area (Å²) in [7, 11) is 5.56. The molecule has 2 N–H and O–H groups in total. The number of carbonyl (C=O) groups excluding carboxylic acids is 1. The fraction of sp³-hybridized carbons (Fsp3) is 0.417. The van der Waals surface area contributed by atoms with Gasteiger partial charge in [-0.25, -0.2) is 9.82 Å². The fourth-order valence-electron chi connectivity index (χ4n) is 4.64. The predicted molar refractivity (Wildman–Crippen MR) is 124 cm³/mol. The molecule has 0 saturated carbocycles. The minimum absolute atomic E-state index is 0.136. The number of nitrogens with zero attached hydrogens (tertiary/aromatic N) is 3. The van der Waals surface area contributed by atoms with Gasteiger partial charge < -0.3 is 20.0 Å². The number of likely N-dealkylation sites (tertiary alicyclic amines) is 1. The number of aldehydes is 1. The Kier molecular flexibility index (Phi) is 6.72. The third-order valence-corrected chi connectivity index (χ3v) is 6.23. The second kappa shape index (κ2) is 9.67. The van der Waals surface area contributed by atoms with E-state index in [4.69, 9.17) is 4.74 Å². The molecule has 1 aliphatic carbocycles. The number of benzene rings is 1. The lowest BCUT2D eigenvalue weighted by atomic mass is 9.82. The van der Waals surface area contributed by atoms with Gasteiger partial charge in [0.1, 0.15) is 12.0 Å². The highest BCUT2D eigenvalue weighted by Crippen LogP contribution is 2.39. The van der Waals surface area contributed by atoms with Crippen LogP contribution in [0.25, 0.3) is 0 Å². The molecule has 2 aliphatic heterocycles. The number of allylic oxidation sites excluding steroid dienone is 3. The molecule has 0 aromatic heterocycles. The minimum atomic E-state index is -0.323. The van der Waals surface area contributed by atoms with Crippen molar-refractivity contribution in [3.8, 4) is 5.75 Å². The number of anilines is 1. The van der Waals surface area contributed by atoms with E-state index < -0.39 is 0 Å². The summed E-state index contributed by atoms with van der Waals surface area (Å²) < 4.78 is 19.7. The van der Waals surface area contributed by atoms with Crippen LogP contribution in [0.3, 0.4) is 0 Å². The molecule has 1 aromatic carbocycles. The molecule has 1 aromatic rings. The molecule has 1 unspecified atom stereocenters. The molecule has 1 fully saturated rings. The lowest BCUT2D eigenvalue weighted by Gasteiger charge is -2.40. The number of hydrazine groups is 1. The number of hydrogen-bond donors (Lipinski definition) is 2. The van der Waals surface area contributed by atoms with Crippen molar-refractivity contribution in [2.75, 3.05) is 45.7 Å². The Labute approximate surface area is 188 Å². The fourth-order valence-corrected chi connectivity index (χ4v) is 4.64. The van der Waals surface area contributed by atoms with Crippen molar-refractivity contribution in [1.29, 1.82) is 0 Å².